The van der Waals surface area contributed by atoms with Gasteiger partial charge in [-0.25, -0.2) is 4.99 Å². The Morgan fingerprint density at radius 2 is 1.72 bits per heavy atom. The van der Waals surface area contributed by atoms with Gasteiger partial charge in [-0.2, -0.15) is 0 Å². The van der Waals surface area contributed by atoms with Gasteiger partial charge in [0.15, 0.2) is 5.96 Å². The van der Waals surface area contributed by atoms with Crippen LogP contribution >= 0.6 is 24.0 Å². The molecule has 0 heterocycles. The monoisotopic (exact) mass is 460 g/mol. The van der Waals surface area contributed by atoms with Crippen molar-refractivity contribution in [2.75, 3.05) is 19.6 Å². The van der Waals surface area contributed by atoms with Gasteiger partial charge in [-0.15, -0.1) is 24.0 Å². The molecule has 142 valence electrons. The zero-order valence-electron chi connectivity index (χ0n) is 16.3. The topological polar surface area (TPSA) is 65.5 Å². The number of carbonyl (C=O) groups excluding carboxylic acids is 1. The van der Waals surface area contributed by atoms with E-state index in [1.165, 1.54) is 16.7 Å². The first-order valence-electron chi connectivity index (χ1n) is 8.60. The minimum atomic E-state index is -0.360. The standard InChI is InChI=1S/C19H32N4O.HI/c1-7-20-18(22-11-10-21-17(24)19(4,5)6)23-13-16-9-8-14(2)12-15(16)3;/h8-9,12H,7,10-11,13H2,1-6H3,(H,21,24)(H2,20,22,23);1H. The quantitative estimate of drug-likeness (QED) is 0.265. The largest absolute Gasteiger partial charge is 0.357 e. The molecule has 0 atom stereocenters. The summed E-state index contributed by atoms with van der Waals surface area (Å²) < 4.78 is 0. The summed E-state index contributed by atoms with van der Waals surface area (Å²) in [5.74, 6) is 0.823. The minimum Gasteiger partial charge on any atom is -0.357 e. The molecule has 1 amide bonds. The van der Waals surface area contributed by atoms with Gasteiger partial charge in [0, 0.05) is 25.0 Å². The third-order valence-electron chi connectivity index (χ3n) is 3.63. The maximum atomic E-state index is 11.8. The van der Waals surface area contributed by atoms with Crippen molar-refractivity contribution in [3.05, 3.63) is 34.9 Å². The second-order valence-electron chi connectivity index (χ2n) is 7.06. The highest BCUT2D eigenvalue weighted by molar-refractivity contribution is 14.0. The molecule has 1 aromatic carbocycles. The maximum Gasteiger partial charge on any atom is 0.225 e. The summed E-state index contributed by atoms with van der Waals surface area (Å²) in [5, 5.41) is 9.41. The van der Waals surface area contributed by atoms with Crippen molar-refractivity contribution in [1.29, 1.82) is 0 Å². The molecule has 0 saturated carbocycles. The van der Waals surface area contributed by atoms with E-state index in [9.17, 15) is 4.79 Å². The fraction of sp³-hybridized carbons (Fsp3) is 0.579. The summed E-state index contributed by atoms with van der Waals surface area (Å²) in [5.41, 5.74) is 3.38. The van der Waals surface area contributed by atoms with Gasteiger partial charge in [-0.3, -0.25) is 4.79 Å². The molecule has 0 aromatic heterocycles. The number of aryl methyl sites for hydroxylation is 2. The number of nitrogens with zero attached hydrogens (tertiary/aromatic N) is 1. The molecule has 0 spiro atoms. The van der Waals surface area contributed by atoms with Crippen molar-refractivity contribution in [3.63, 3.8) is 0 Å². The summed E-state index contributed by atoms with van der Waals surface area (Å²) in [4.78, 5) is 16.4. The van der Waals surface area contributed by atoms with Crippen LogP contribution in [0.25, 0.3) is 0 Å². The molecule has 1 aromatic rings. The summed E-state index contributed by atoms with van der Waals surface area (Å²) >= 11 is 0. The molecule has 0 bridgehead atoms. The van der Waals surface area contributed by atoms with E-state index in [1.54, 1.807) is 0 Å². The number of benzene rings is 1. The van der Waals surface area contributed by atoms with Crippen LogP contribution in [0.3, 0.4) is 0 Å². The van der Waals surface area contributed by atoms with E-state index in [0.29, 0.717) is 19.6 Å². The van der Waals surface area contributed by atoms with E-state index in [0.717, 1.165) is 12.5 Å². The highest BCUT2D eigenvalue weighted by Gasteiger charge is 2.20. The van der Waals surface area contributed by atoms with Crippen LogP contribution in [0.2, 0.25) is 0 Å². The Balaban J connectivity index is 0.00000576. The lowest BCUT2D eigenvalue weighted by Gasteiger charge is -2.18. The second-order valence-corrected chi connectivity index (χ2v) is 7.06. The highest BCUT2D eigenvalue weighted by atomic mass is 127. The van der Waals surface area contributed by atoms with Crippen LogP contribution in [0.15, 0.2) is 23.2 Å². The van der Waals surface area contributed by atoms with E-state index in [2.05, 4.69) is 53.0 Å². The van der Waals surface area contributed by atoms with E-state index in [4.69, 9.17) is 0 Å². The number of aliphatic imine (C=N–C) groups is 1. The second kappa shape index (κ2) is 11.3. The number of amides is 1. The van der Waals surface area contributed by atoms with Crippen molar-refractivity contribution < 1.29 is 4.79 Å². The fourth-order valence-corrected chi connectivity index (χ4v) is 2.15. The lowest BCUT2D eigenvalue weighted by Crippen LogP contribution is -2.43. The molecule has 0 fully saturated rings. The number of nitrogens with one attached hydrogen (secondary N) is 3. The Morgan fingerprint density at radius 3 is 2.28 bits per heavy atom. The fourth-order valence-electron chi connectivity index (χ4n) is 2.15. The summed E-state index contributed by atoms with van der Waals surface area (Å²) in [6.07, 6.45) is 0. The number of carbonyl (C=O) groups is 1. The molecule has 1 rings (SSSR count). The summed E-state index contributed by atoms with van der Waals surface area (Å²) in [7, 11) is 0. The summed E-state index contributed by atoms with van der Waals surface area (Å²) in [6.45, 7) is 14.6. The molecule has 0 aliphatic carbocycles. The van der Waals surface area contributed by atoms with Crippen LogP contribution in [0.4, 0.5) is 0 Å². The van der Waals surface area contributed by atoms with Crippen LogP contribution in [-0.4, -0.2) is 31.5 Å². The van der Waals surface area contributed by atoms with E-state index in [1.807, 2.05) is 27.7 Å². The molecule has 5 nitrogen and oxygen atoms in total. The highest BCUT2D eigenvalue weighted by Crippen LogP contribution is 2.12. The predicted octanol–water partition coefficient (Wildman–Crippen LogP) is 3.14. The zero-order chi connectivity index (χ0) is 18.2. The van der Waals surface area contributed by atoms with Gasteiger partial charge < -0.3 is 16.0 Å². The Hall–Kier alpha value is -1.31. The normalized spacial score (nSPS) is 11.5. The third kappa shape index (κ3) is 9.09. The van der Waals surface area contributed by atoms with E-state index in [-0.39, 0.29) is 35.3 Å². The molecule has 0 unspecified atom stereocenters. The van der Waals surface area contributed by atoms with Gasteiger partial charge in [0.1, 0.15) is 0 Å². The minimum absolute atomic E-state index is 0. The average Bonchev–Trinajstić information content (AvgIpc) is 2.49. The van der Waals surface area contributed by atoms with Crippen LogP contribution in [0, 0.1) is 19.3 Å². The molecular formula is C19H33IN4O. The number of hydrogen-bond donors (Lipinski definition) is 3. The third-order valence-corrected chi connectivity index (χ3v) is 3.63. The predicted molar refractivity (Wildman–Crippen MR) is 117 cm³/mol. The molecular weight excluding hydrogens is 427 g/mol. The van der Waals surface area contributed by atoms with Crippen LogP contribution < -0.4 is 16.0 Å². The molecule has 6 heteroatoms. The van der Waals surface area contributed by atoms with Crippen LogP contribution in [0.5, 0.6) is 0 Å². The molecule has 0 aliphatic heterocycles. The number of halogens is 1. The van der Waals surface area contributed by atoms with Crippen LogP contribution in [-0.2, 0) is 11.3 Å². The van der Waals surface area contributed by atoms with Crippen molar-refractivity contribution in [2.24, 2.45) is 10.4 Å². The Labute approximate surface area is 169 Å². The van der Waals surface area contributed by atoms with Crippen molar-refractivity contribution >= 4 is 35.8 Å². The first kappa shape index (κ1) is 23.7. The molecule has 0 aliphatic rings. The van der Waals surface area contributed by atoms with Crippen molar-refractivity contribution in [1.82, 2.24) is 16.0 Å². The Morgan fingerprint density at radius 1 is 1.08 bits per heavy atom. The Kier molecular flexibility index (Phi) is 10.7. The number of guanidine groups is 1. The maximum absolute atomic E-state index is 11.8. The zero-order valence-corrected chi connectivity index (χ0v) is 18.7. The smallest absolute Gasteiger partial charge is 0.225 e. The molecule has 0 saturated heterocycles. The van der Waals surface area contributed by atoms with Gasteiger partial charge in [-0.1, -0.05) is 44.5 Å². The van der Waals surface area contributed by atoms with Crippen LogP contribution in [0.1, 0.15) is 44.4 Å². The summed E-state index contributed by atoms with van der Waals surface area (Å²) in [6, 6.07) is 6.41. The van der Waals surface area contributed by atoms with Gasteiger partial charge >= 0.3 is 0 Å². The lowest BCUT2D eigenvalue weighted by molar-refractivity contribution is -0.128. The SMILES string of the molecule is CCNC(=NCc1ccc(C)cc1C)NCCNC(=O)C(C)(C)C.I. The van der Waals surface area contributed by atoms with Gasteiger partial charge in [0.05, 0.1) is 6.54 Å². The first-order chi connectivity index (χ1) is 11.2. The van der Waals surface area contributed by atoms with E-state index < -0.39 is 0 Å². The molecule has 3 N–H and O–H groups in total. The van der Waals surface area contributed by atoms with Gasteiger partial charge in [0.2, 0.25) is 5.91 Å². The van der Waals surface area contributed by atoms with Gasteiger partial charge in [0.25, 0.3) is 0 Å². The average molecular weight is 460 g/mol. The lowest BCUT2D eigenvalue weighted by atomic mass is 9.96. The molecule has 0 radical (unpaired) electrons. The van der Waals surface area contributed by atoms with Crippen molar-refractivity contribution in [2.45, 2.75) is 48.1 Å². The first-order valence-corrected chi connectivity index (χ1v) is 8.60. The van der Waals surface area contributed by atoms with Crippen molar-refractivity contribution in [3.8, 4) is 0 Å². The van der Waals surface area contributed by atoms with Gasteiger partial charge in [-0.05, 0) is 31.9 Å². The van der Waals surface area contributed by atoms with E-state index >= 15 is 0 Å². The Bertz CT molecular complexity index is 579. The number of rotatable bonds is 6. The number of hydrogen-bond acceptors (Lipinski definition) is 2. The molecule has 25 heavy (non-hydrogen) atoms.